The number of hydrogen-bond donors (Lipinski definition) is 2. The lowest BCUT2D eigenvalue weighted by molar-refractivity contribution is 0.316. The summed E-state index contributed by atoms with van der Waals surface area (Å²) in [5.74, 6) is 1.05. The van der Waals surface area contributed by atoms with Crippen molar-refractivity contribution in [1.82, 2.24) is 9.36 Å². The highest BCUT2D eigenvalue weighted by atomic mass is 32.2. The van der Waals surface area contributed by atoms with E-state index in [0.717, 1.165) is 16.6 Å². The van der Waals surface area contributed by atoms with Crippen LogP contribution in [0, 0.1) is 6.92 Å². The Morgan fingerprint density at radius 2 is 2.47 bits per heavy atom. The van der Waals surface area contributed by atoms with Gasteiger partial charge in [0.15, 0.2) is 4.34 Å². The Hall–Kier alpha value is -0.820. The smallest absolute Gasteiger partial charge is 0.170 e. The van der Waals surface area contributed by atoms with Crippen molar-refractivity contribution in [1.29, 1.82) is 0 Å². The van der Waals surface area contributed by atoms with Crippen molar-refractivity contribution in [2.24, 2.45) is 10.9 Å². The standard InChI is InChI=1S/C8H14N4OS2/c1-3-6(4-7(9)11-13)14-8-10-5(2)12-15-8/h6,13H,3-4H2,1-2H3,(H2,9,11). The molecule has 5 nitrogen and oxygen atoms in total. The van der Waals surface area contributed by atoms with E-state index in [0.29, 0.717) is 6.42 Å². The van der Waals surface area contributed by atoms with Gasteiger partial charge >= 0.3 is 0 Å². The first-order valence-electron chi connectivity index (χ1n) is 4.59. The third-order valence-corrected chi connectivity index (χ3v) is 4.04. The highest BCUT2D eigenvalue weighted by Crippen LogP contribution is 2.28. The van der Waals surface area contributed by atoms with Gasteiger partial charge in [0.1, 0.15) is 11.7 Å². The number of rotatable bonds is 5. The molecule has 15 heavy (non-hydrogen) atoms. The maximum Gasteiger partial charge on any atom is 0.170 e. The van der Waals surface area contributed by atoms with E-state index >= 15 is 0 Å². The molecule has 0 saturated carbocycles. The second kappa shape index (κ2) is 5.92. The molecule has 0 aliphatic rings. The molecular formula is C8H14N4OS2. The lowest BCUT2D eigenvalue weighted by Gasteiger charge is -2.10. The van der Waals surface area contributed by atoms with Crippen molar-refractivity contribution in [2.75, 3.05) is 0 Å². The second-order valence-corrected chi connectivity index (χ2v) is 5.35. The minimum Gasteiger partial charge on any atom is -0.409 e. The monoisotopic (exact) mass is 246 g/mol. The maximum atomic E-state index is 8.48. The molecule has 1 atom stereocenters. The number of amidine groups is 1. The van der Waals surface area contributed by atoms with Crippen LogP contribution in [0.3, 0.4) is 0 Å². The van der Waals surface area contributed by atoms with E-state index in [4.69, 9.17) is 10.9 Å². The van der Waals surface area contributed by atoms with Gasteiger partial charge in [-0.05, 0) is 24.9 Å². The first-order chi connectivity index (χ1) is 7.15. The number of hydrogen-bond acceptors (Lipinski definition) is 6. The zero-order valence-corrected chi connectivity index (χ0v) is 10.3. The molecule has 0 bridgehead atoms. The van der Waals surface area contributed by atoms with Gasteiger partial charge in [-0.3, -0.25) is 0 Å². The number of aromatic nitrogens is 2. The van der Waals surface area contributed by atoms with Crippen molar-refractivity contribution in [3.05, 3.63) is 5.82 Å². The number of nitrogens with two attached hydrogens (primary N) is 1. The van der Waals surface area contributed by atoms with Gasteiger partial charge in [0.05, 0.1) is 0 Å². The third-order valence-electron chi connectivity index (χ3n) is 1.80. The van der Waals surface area contributed by atoms with Crippen LogP contribution in [-0.2, 0) is 0 Å². The minimum atomic E-state index is 0.260. The van der Waals surface area contributed by atoms with Gasteiger partial charge in [-0.15, -0.1) is 0 Å². The second-order valence-electron chi connectivity index (χ2n) is 3.05. The molecule has 0 saturated heterocycles. The summed E-state index contributed by atoms with van der Waals surface area (Å²) >= 11 is 3.01. The molecule has 1 heterocycles. The molecule has 0 fully saturated rings. The predicted octanol–water partition coefficient (Wildman–Crippen LogP) is 1.85. The summed E-state index contributed by atoms with van der Waals surface area (Å²) in [7, 11) is 0. The van der Waals surface area contributed by atoms with E-state index in [1.807, 2.05) is 6.92 Å². The van der Waals surface area contributed by atoms with E-state index < -0.39 is 0 Å². The molecule has 0 amide bonds. The fraction of sp³-hybridized carbons (Fsp3) is 0.625. The fourth-order valence-corrected chi connectivity index (χ4v) is 3.02. The number of nitrogens with zero attached hydrogens (tertiary/aromatic N) is 3. The molecule has 0 aromatic carbocycles. The summed E-state index contributed by atoms with van der Waals surface area (Å²) in [5, 5.41) is 11.7. The Morgan fingerprint density at radius 1 is 1.73 bits per heavy atom. The normalized spacial score (nSPS) is 14.1. The van der Waals surface area contributed by atoms with Crippen molar-refractivity contribution >= 4 is 29.1 Å². The van der Waals surface area contributed by atoms with Gasteiger partial charge < -0.3 is 10.9 Å². The minimum absolute atomic E-state index is 0.260. The van der Waals surface area contributed by atoms with Crippen LogP contribution in [0.5, 0.6) is 0 Å². The molecule has 1 unspecified atom stereocenters. The number of aryl methyl sites for hydroxylation is 1. The van der Waals surface area contributed by atoms with E-state index in [9.17, 15) is 0 Å². The summed E-state index contributed by atoms with van der Waals surface area (Å²) in [5.41, 5.74) is 5.46. The van der Waals surface area contributed by atoms with Crippen molar-refractivity contribution in [2.45, 2.75) is 36.3 Å². The summed E-state index contributed by atoms with van der Waals surface area (Å²) < 4.78 is 5.04. The predicted molar refractivity (Wildman–Crippen MR) is 62.6 cm³/mol. The highest BCUT2D eigenvalue weighted by molar-refractivity contribution is 8.01. The van der Waals surface area contributed by atoms with E-state index in [1.54, 1.807) is 11.8 Å². The Kier molecular flexibility index (Phi) is 4.83. The average molecular weight is 246 g/mol. The van der Waals surface area contributed by atoms with Crippen LogP contribution in [0.15, 0.2) is 9.50 Å². The van der Waals surface area contributed by atoms with E-state index in [-0.39, 0.29) is 11.1 Å². The largest absolute Gasteiger partial charge is 0.409 e. The topological polar surface area (TPSA) is 84.4 Å². The Morgan fingerprint density at radius 3 is 2.93 bits per heavy atom. The van der Waals surface area contributed by atoms with Crippen LogP contribution in [0.25, 0.3) is 0 Å². The lowest BCUT2D eigenvalue weighted by Crippen LogP contribution is -2.18. The van der Waals surface area contributed by atoms with E-state index in [2.05, 4.69) is 21.4 Å². The average Bonchev–Trinajstić information content (AvgIpc) is 2.62. The Bertz CT molecular complexity index is 339. The van der Waals surface area contributed by atoms with Crippen LogP contribution in [-0.4, -0.2) is 25.7 Å². The fourth-order valence-electron chi connectivity index (χ4n) is 1.01. The zero-order valence-electron chi connectivity index (χ0n) is 8.67. The van der Waals surface area contributed by atoms with E-state index in [1.165, 1.54) is 11.5 Å². The van der Waals surface area contributed by atoms with Gasteiger partial charge in [0.2, 0.25) is 0 Å². The SMILES string of the molecule is CCC(CC(N)=NO)Sc1nc(C)ns1. The van der Waals surface area contributed by atoms with Crippen molar-refractivity contribution in [3.63, 3.8) is 0 Å². The number of thioether (sulfide) groups is 1. The van der Waals surface area contributed by atoms with Gasteiger partial charge in [0.25, 0.3) is 0 Å². The first kappa shape index (κ1) is 12.3. The summed E-state index contributed by atoms with van der Waals surface area (Å²) in [6.45, 7) is 3.93. The summed E-state index contributed by atoms with van der Waals surface area (Å²) in [6.07, 6.45) is 1.51. The molecule has 0 spiro atoms. The van der Waals surface area contributed by atoms with Gasteiger partial charge in [-0.1, -0.05) is 23.8 Å². The Labute approximate surface area is 96.9 Å². The van der Waals surface area contributed by atoms with Gasteiger partial charge in [0, 0.05) is 11.7 Å². The molecular weight excluding hydrogens is 232 g/mol. The molecule has 7 heteroatoms. The molecule has 0 aliphatic heterocycles. The van der Waals surface area contributed by atoms with Crippen LogP contribution in [0.4, 0.5) is 0 Å². The molecule has 3 N–H and O–H groups in total. The molecule has 1 aromatic heterocycles. The first-order valence-corrected chi connectivity index (χ1v) is 6.24. The quantitative estimate of drug-likeness (QED) is 0.272. The molecule has 1 rings (SSSR count). The third kappa shape index (κ3) is 4.05. The maximum absolute atomic E-state index is 8.48. The molecule has 84 valence electrons. The van der Waals surface area contributed by atoms with Gasteiger partial charge in [-0.2, -0.15) is 4.37 Å². The highest BCUT2D eigenvalue weighted by Gasteiger charge is 2.13. The molecule has 0 radical (unpaired) electrons. The van der Waals surface area contributed by atoms with Crippen LogP contribution in [0.1, 0.15) is 25.6 Å². The number of oxime groups is 1. The van der Waals surface area contributed by atoms with Crippen LogP contribution in [0.2, 0.25) is 0 Å². The van der Waals surface area contributed by atoms with Crippen LogP contribution >= 0.6 is 23.3 Å². The zero-order chi connectivity index (χ0) is 11.3. The van der Waals surface area contributed by atoms with Gasteiger partial charge in [-0.25, -0.2) is 4.98 Å². The van der Waals surface area contributed by atoms with Crippen molar-refractivity contribution < 1.29 is 5.21 Å². The van der Waals surface area contributed by atoms with Crippen LogP contribution < -0.4 is 5.73 Å². The Balaban J connectivity index is 2.54. The molecule has 0 aliphatic carbocycles. The summed E-state index contributed by atoms with van der Waals surface area (Å²) in [6, 6.07) is 0. The summed E-state index contributed by atoms with van der Waals surface area (Å²) in [4.78, 5) is 4.26. The lowest BCUT2D eigenvalue weighted by atomic mass is 10.2. The van der Waals surface area contributed by atoms with Crippen molar-refractivity contribution in [3.8, 4) is 0 Å². The molecule has 1 aromatic rings.